The van der Waals surface area contributed by atoms with Crippen molar-refractivity contribution in [2.75, 3.05) is 26.5 Å². The quantitative estimate of drug-likeness (QED) is 0.189. The monoisotopic (exact) mass is 194 g/mol. The van der Waals surface area contributed by atoms with Crippen LogP contribution in [-0.2, 0) is 19.3 Å². The van der Waals surface area contributed by atoms with E-state index in [-0.39, 0.29) is 38.7 Å². The molecule has 0 bridgehead atoms. The van der Waals surface area contributed by atoms with Crippen molar-refractivity contribution in [2.45, 2.75) is 0 Å². The molecule has 0 aliphatic rings. The van der Waals surface area contributed by atoms with E-state index in [1.807, 2.05) is 0 Å². The molecule has 12 heavy (non-hydrogen) atoms. The normalized spacial score (nSPS) is 10.8. The Morgan fingerprint density at radius 2 is 1.83 bits per heavy atom. The summed E-state index contributed by atoms with van der Waals surface area (Å²) >= 11 is 0. The molecule has 68 valence electrons. The minimum Gasteiger partial charge on any atom is -0.726 e. The van der Waals surface area contributed by atoms with Crippen LogP contribution in [0.5, 0.6) is 0 Å². The van der Waals surface area contributed by atoms with Crippen molar-refractivity contribution in [3.63, 3.8) is 0 Å². The largest absolute Gasteiger partial charge is 1.00 e. The van der Waals surface area contributed by atoms with Gasteiger partial charge < -0.3 is 9.29 Å². The van der Waals surface area contributed by atoms with Crippen molar-refractivity contribution in [2.24, 2.45) is 0 Å². The molecule has 0 radical (unpaired) electrons. The van der Waals surface area contributed by atoms with E-state index in [0.717, 1.165) is 0 Å². The van der Waals surface area contributed by atoms with Crippen LogP contribution in [0.25, 0.3) is 0 Å². The molecule has 0 rings (SSSR count). The van der Waals surface area contributed by atoms with E-state index >= 15 is 0 Å². The second-order valence-corrected chi connectivity index (χ2v) is 2.58. The number of rotatable bonds is 6. The molecule has 0 aromatic carbocycles. The molecule has 0 aromatic heterocycles. The van der Waals surface area contributed by atoms with Crippen molar-refractivity contribution in [1.29, 1.82) is 0 Å². The Bertz CT molecular complexity index is 182. The van der Waals surface area contributed by atoms with E-state index in [1.54, 1.807) is 0 Å². The molecule has 0 N–H and O–H groups in total. The van der Waals surface area contributed by atoms with Gasteiger partial charge in [0.25, 0.3) is 0 Å². The molecule has 0 fully saturated rings. The van der Waals surface area contributed by atoms with Crippen LogP contribution in [0, 0.1) is 0 Å². The molecule has 0 unspecified atom stereocenters. The molecule has 8 heteroatoms. The molecular weight excluding hydrogens is 186 g/mol. The fourth-order valence-electron chi connectivity index (χ4n) is 0.352. The minimum atomic E-state index is -4.64. The van der Waals surface area contributed by atoms with Crippen LogP contribution in [0.3, 0.4) is 0 Å². The summed E-state index contributed by atoms with van der Waals surface area (Å²) in [6.45, 7) is -1.25. The number of alkyl halides is 1. The van der Waals surface area contributed by atoms with Crippen molar-refractivity contribution in [3.05, 3.63) is 0 Å². The summed E-state index contributed by atoms with van der Waals surface area (Å²) in [6.07, 6.45) is 0. The van der Waals surface area contributed by atoms with Gasteiger partial charge in [-0.2, -0.15) is 0 Å². The molecule has 0 heterocycles. The number of hydrogen-bond donors (Lipinski definition) is 0. The summed E-state index contributed by atoms with van der Waals surface area (Å²) in [5.41, 5.74) is 0. The third-order valence-electron chi connectivity index (χ3n) is 0.677. The number of ether oxygens (including phenoxy) is 1. The molecule has 0 atom stereocenters. The first-order chi connectivity index (χ1) is 5.06. The minimum absolute atomic E-state index is 0. The standard InChI is InChI=1S/C4H9FO5S.Li/c5-1-2-9-3-4-10-11(6,7)8;/h1-4H2,(H,6,7,8);/q;+1/p-1. The van der Waals surface area contributed by atoms with Gasteiger partial charge in [0.15, 0.2) is 0 Å². The maximum atomic E-state index is 11.3. The van der Waals surface area contributed by atoms with Crippen LogP contribution in [-0.4, -0.2) is 39.5 Å². The Morgan fingerprint density at radius 1 is 1.25 bits per heavy atom. The molecule has 0 saturated heterocycles. The van der Waals surface area contributed by atoms with Gasteiger partial charge >= 0.3 is 18.9 Å². The topological polar surface area (TPSA) is 75.7 Å². The average Bonchev–Trinajstić information content (AvgIpc) is 1.85. The Kier molecular flexibility index (Phi) is 9.88. The molecular formula is C4H8FLiO5S. The van der Waals surface area contributed by atoms with Gasteiger partial charge in [0.1, 0.15) is 6.67 Å². The van der Waals surface area contributed by atoms with Gasteiger partial charge in [0, 0.05) is 0 Å². The first kappa shape index (κ1) is 14.9. The van der Waals surface area contributed by atoms with Gasteiger partial charge in [0.05, 0.1) is 19.8 Å². The van der Waals surface area contributed by atoms with Crippen LogP contribution in [0.15, 0.2) is 0 Å². The van der Waals surface area contributed by atoms with E-state index in [4.69, 9.17) is 0 Å². The molecule has 0 saturated carbocycles. The third-order valence-corrected chi connectivity index (χ3v) is 1.13. The van der Waals surface area contributed by atoms with Gasteiger partial charge in [-0.3, -0.25) is 4.18 Å². The molecule has 5 nitrogen and oxygen atoms in total. The second-order valence-electron chi connectivity index (χ2n) is 1.53. The van der Waals surface area contributed by atoms with Crippen molar-refractivity contribution < 1.29 is 45.1 Å². The molecule has 0 aromatic rings. The summed E-state index contributed by atoms with van der Waals surface area (Å²) < 4.78 is 48.8. The Labute approximate surface area is 82.4 Å². The molecule has 0 aliphatic carbocycles. The zero-order chi connectivity index (χ0) is 8.74. The smallest absolute Gasteiger partial charge is 0.726 e. The van der Waals surface area contributed by atoms with Crippen LogP contribution < -0.4 is 18.9 Å². The zero-order valence-electron chi connectivity index (χ0n) is 6.66. The van der Waals surface area contributed by atoms with Crippen molar-refractivity contribution in [3.8, 4) is 0 Å². The van der Waals surface area contributed by atoms with E-state index in [9.17, 15) is 17.4 Å². The third kappa shape index (κ3) is 13.0. The maximum absolute atomic E-state index is 11.3. The van der Waals surface area contributed by atoms with Crippen molar-refractivity contribution in [1.82, 2.24) is 0 Å². The zero-order valence-corrected chi connectivity index (χ0v) is 7.47. The van der Waals surface area contributed by atoms with E-state index in [2.05, 4.69) is 8.92 Å². The predicted molar refractivity (Wildman–Crippen MR) is 32.4 cm³/mol. The van der Waals surface area contributed by atoms with Crippen LogP contribution >= 0.6 is 0 Å². The summed E-state index contributed by atoms with van der Waals surface area (Å²) in [4.78, 5) is 0. The van der Waals surface area contributed by atoms with Crippen LogP contribution in [0.4, 0.5) is 4.39 Å². The summed E-state index contributed by atoms with van der Waals surface area (Å²) in [7, 11) is -4.64. The van der Waals surface area contributed by atoms with Gasteiger partial charge in [-0.15, -0.1) is 0 Å². The fourth-order valence-corrected chi connectivity index (χ4v) is 0.624. The average molecular weight is 194 g/mol. The first-order valence-electron chi connectivity index (χ1n) is 2.80. The summed E-state index contributed by atoms with van der Waals surface area (Å²) in [6, 6.07) is 0. The van der Waals surface area contributed by atoms with Gasteiger partial charge in [-0.1, -0.05) is 0 Å². The summed E-state index contributed by atoms with van der Waals surface area (Å²) in [5, 5.41) is 0. The molecule has 0 spiro atoms. The Balaban J connectivity index is 0. The van der Waals surface area contributed by atoms with Crippen LogP contribution in [0.2, 0.25) is 0 Å². The number of hydrogen-bond acceptors (Lipinski definition) is 5. The van der Waals surface area contributed by atoms with Crippen molar-refractivity contribution >= 4 is 10.4 Å². The second kappa shape index (κ2) is 7.98. The van der Waals surface area contributed by atoms with Gasteiger partial charge in [-0.05, 0) is 0 Å². The maximum Gasteiger partial charge on any atom is 1.00 e. The van der Waals surface area contributed by atoms with E-state index in [1.165, 1.54) is 0 Å². The summed E-state index contributed by atoms with van der Waals surface area (Å²) in [5.74, 6) is 0. The van der Waals surface area contributed by atoms with Gasteiger partial charge in [0.2, 0.25) is 10.4 Å². The van der Waals surface area contributed by atoms with Gasteiger partial charge in [-0.25, -0.2) is 12.8 Å². The Hall–Kier alpha value is 0.357. The Morgan fingerprint density at radius 3 is 2.25 bits per heavy atom. The van der Waals surface area contributed by atoms with Crippen LogP contribution in [0.1, 0.15) is 0 Å². The fraction of sp³-hybridized carbons (Fsp3) is 1.00. The number of halogens is 1. The molecule has 0 amide bonds. The van der Waals surface area contributed by atoms with E-state index in [0.29, 0.717) is 0 Å². The predicted octanol–water partition coefficient (Wildman–Crippen LogP) is -3.55. The first-order valence-corrected chi connectivity index (χ1v) is 4.13. The van der Waals surface area contributed by atoms with E-state index < -0.39 is 17.1 Å². The molecule has 0 aliphatic heterocycles. The SMILES string of the molecule is O=S(=O)([O-])OCCOCCF.[Li+].